The van der Waals surface area contributed by atoms with Crippen LogP contribution in [0.25, 0.3) is 0 Å². The molecule has 1 aliphatic rings. The van der Waals surface area contributed by atoms with Crippen LogP contribution in [0.4, 0.5) is 10.2 Å². The fraction of sp³-hybridized carbons (Fsp3) is 0.233. The molecular formula is C30H29ClFN3. The Morgan fingerprint density at radius 2 is 1.31 bits per heavy atom. The Morgan fingerprint density at radius 1 is 0.829 bits per heavy atom. The van der Waals surface area contributed by atoms with Gasteiger partial charge in [0.15, 0.2) is 0 Å². The highest BCUT2D eigenvalue weighted by atomic mass is 35.5. The van der Waals surface area contributed by atoms with E-state index in [1.54, 1.807) is 0 Å². The highest BCUT2D eigenvalue weighted by Crippen LogP contribution is 2.43. The van der Waals surface area contributed by atoms with E-state index in [1.807, 2.05) is 13.0 Å². The molecule has 0 N–H and O–H groups in total. The maximum Gasteiger partial charge on any atom is 0.233 e. The molecule has 0 spiro atoms. The number of hydrogen-bond acceptors (Lipinski definition) is 3. The highest BCUT2D eigenvalue weighted by Gasteiger charge is 2.44. The number of nitrogens with zero attached hydrogens (tertiary/aromatic N) is 3. The van der Waals surface area contributed by atoms with Gasteiger partial charge in [-0.3, -0.25) is 4.90 Å². The van der Waals surface area contributed by atoms with Gasteiger partial charge in [0.2, 0.25) is 5.95 Å². The number of piperazine rings is 1. The van der Waals surface area contributed by atoms with Crippen LogP contribution in [0, 0.1) is 12.9 Å². The molecule has 4 aromatic rings. The standard InChI is InChI=1S/C30H29ClFN3/c1-22-20-27(33-29(32)28(22)31)35-19-18-34(21-23(35)2)30(24-12-6-3-7-13-24,25-14-8-4-9-15-25)26-16-10-5-11-17-26/h3-17,20,23H,18-19,21H2,1-2H3/t23-/m0/s1. The zero-order valence-corrected chi connectivity index (χ0v) is 20.8. The normalized spacial score (nSPS) is 16.9. The number of aryl methyl sites for hydroxylation is 1. The van der Waals surface area contributed by atoms with Gasteiger partial charge in [0.05, 0.1) is 10.6 Å². The summed E-state index contributed by atoms with van der Waals surface area (Å²) in [5.41, 5.74) is 3.92. The molecule has 0 aliphatic carbocycles. The molecule has 178 valence electrons. The molecule has 1 fully saturated rings. The molecule has 1 aliphatic heterocycles. The van der Waals surface area contributed by atoms with Crippen LogP contribution in [0.5, 0.6) is 0 Å². The summed E-state index contributed by atoms with van der Waals surface area (Å²) in [6.07, 6.45) is 0. The van der Waals surface area contributed by atoms with Gasteiger partial charge >= 0.3 is 0 Å². The van der Waals surface area contributed by atoms with Crippen molar-refractivity contribution in [3.63, 3.8) is 0 Å². The van der Waals surface area contributed by atoms with Gasteiger partial charge in [0, 0.05) is 25.7 Å². The Bertz CT molecular complexity index is 1160. The minimum Gasteiger partial charge on any atom is -0.351 e. The zero-order valence-electron chi connectivity index (χ0n) is 20.0. The maximum absolute atomic E-state index is 14.4. The van der Waals surface area contributed by atoms with Crippen molar-refractivity contribution in [3.05, 3.63) is 130 Å². The van der Waals surface area contributed by atoms with Crippen molar-refractivity contribution in [2.75, 3.05) is 24.5 Å². The molecule has 0 radical (unpaired) electrons. The van der Waals surface area contributed by atoms with Crippen molar-refractivity contribution in [1.29, 1.82) is 0 Å². The molecule has 1 aromatic heterocycles. The molecule has 0 bridgehead atoms. The van der Waals surface area contributed by atoms with Crippen molar-refractivity contribution in [1.82, 2.24) is 9.88 Å². The van der Waals surface area contributed by atoms with Crippen LogP contribution in [0.15, 0.2) is 97.1 Å². The van der Waals surface area contributed by atoms with Crippen molar-refractivity contribution < 1.29 is 4.39 Å². The minimum absolute atomic E-state index is 0.0938. The van der Waals surface area contributed by atoms with Crippen LogP contribution in [0.3, 0.4) is 0 Å². The van der Waals surface area contributed by atoms with Gasteiger partial charge in [-0.15, -0.1) is 0 Å². The van der Waals surface area contributed by atoms with Crippen LogP contribution >= 0.6 is 11.6 Å². The number of aromatic nitrogens is 1. The number of pyridine rings is 1. The van der Waals surface area contributed by atoms with Gasteiger partial charge in [-0.1, -0.05) is 103 Å². The Labute approximate surface area is 211 Å². The van der Waals surface area contributed by atoms with Crippen LogP contribution in [-0.2, 0) is 5.54 Å². The lowest BCUT2D eigenvalue weighted by atomic mass is 9.75. The maximum atomic E-state index is 14.4. The van der Waals surface area contributed by atoms with Gasteiger partial charge in [-0.25, -0.2) is 4.98 Å². The summed E-state index contributed by atoms with van der Waals surface area (Å²) >= 11 is 6.05. The van der Waals surface area contributed by atoms with Crippen LogP contribution < -0.4 is 4.90 Å². The molecule has 3 nitrogen and oxygen atoms in total. The van der Waals surface area contributed by atoms with Gasteiger partial charge < -0.3 is 4.90 Å². The second-order valence-corrected chi connectivity index (χ2v) is 9.58. The van der Waals surface area contributed by atoms with Gasteiger partial charge in [0.25, 0.3) is 0 Å². The number of halogens is 2. The largest absolute Gasteiger partial charge is 0.351 e. The molecule has 5 rings (SSSR count). The lowest BCUT2D eigenvalue weighted by Crippen LogP contribution is -2.60. The van der Waals surface area contributed by atoms with Gasteiger partial charge in [-0.05, 0) is 42.2 Å². The third-order valence-electron chi connectivity index (χ3n) is 7.06. The first-order chi connectivity index (χ1) is 17.0. The molecule has 0 amide bonds. The third-order valence-corrected chi connectivity index (χ3v) is 7.51. The van der Waals surface area contributed by atoms with Crippen molar-refractivity contribution >= 4 is 17.4 Å². The average molecular weight is 486 g/mol. The van der Waals surface area contributed by atoms with Gasteiger partial charge in [0.1, 0.15) is 5.82 Å². The van der Waals surface area contributed by atoms with E-state index in [0.717, 1.165) is 19.6 Å². The Balaban J connectivity index is 1.61. The minimum atomic E-state index is -0.608. The molecule has 0 unspecified atom stereocenters. The van der Waals surface area contributed by atoms with Crippen LogP contribution in [0.1, 0.15) is 29.2 Å². The summed E-state index contributed by atoms with van der Waals surface area (Å²) in [6, 6.07) is 34.2. The molecular weight excluding hydrogens is 457 g/mol. The molecule has 0 saturated carbocycles. The van der Waals surface area contributed by atoms with Crippen LogP contribution in [0.2, 0.25) is 5.02 Å². The van der Waals surface area contributed by atoms with E-state index in [-0.39, 0.29) is 11.1 Å². The van der Waals surface area contributed by atoms with Crippen molar-refractivity contribution in [2.24, 2.45) is 0 Å². The summed E-state index contributed by atoms with van der Waals surface area (Å²) in [6.45, 7) is 6.30. The Kier molecular flexibility index (Phi) is 6.59. The van der Waals surface area contributed by atoms with Crippen molar-refractivity contribution in [2.45, 2.75) is 25.4 Å². The Hall–Kier alpha value is -3.21. The topological polar surface area (TPSA) is 19.4 Å². The van der Waals surface area contributed by atoms with E-state index in [2.05, 4.69) is 113 Å². The van der Waals surface area contributed by atoms with Crippen molar-refractivity contribution in [3.8, 4) is 0 Å². The van der Waals surface area contributed by atoms with Crippen LogP contribution in [-0.4, -0.2) is 35.6 Å². The lowest BCUT2D eigenvalue weighted by Gasteiger charge is -2.51. The second-order valence-electron chi connectivity index (χ2n) is 9.20. The predicted molar refractivity (Wildman–Crippen MR) is 142 cm³/mol. The van der Waals surface area contributed by atoms with E-state index in [9.17, 15) is 4.39 Å². The molecule has 1 saturated heterocycles. The third kappa shape index (κ3) is 4.22. The summed E-state index contributed by atoms with van der Waals surface area (Å²) in [4.78, 5) is 8.93. The molecule has 3 aromatic carbocycles. The quantitative estimate of drug-likeness (QED) is 0.232. The first kappa shape index (κ1) is 23.5. The lowest BCUT2D eigenvalue weighted by molar-refractivity contribution is 0.128. The summed E-state index contributed by atoms with van der Waals surface area (Å²) < 4.78 is 14.4. The van der Waals surface area contributed by atoms with Gasteiger partial charge in [-0.2, -0.15) is 4.39 Å². The molecule has 2 heterocycles. The second kappa shape index (κ2) is 9.80. The average Bonchev–Trinajstić information content (AvgIpc) is 2.89. The predicted octanol–water partition coefficient (Wildman–Crippen LogP) is 6.69. The van der Waals surface area contributed by atoms with E-state index >= 15 is 0 Å². The first-order valence-corrected chi connectivity index (χ1v) is 12.4. The molecule has 35 heavy (non-hydrogen) atoms. The monoisotopic (exact) mass is 485 g/mol. The first-order valence-electron chi connectivity index (χ1n) is 12.0. The Morgan fingerprint density at radius 3 is 1.74 bits per heavy atom. The zero-order chi connectivity index (χ0) is 24.4. The summed E-state index contributed by atoms with van der Waals surface area (Å²) in [5.74, 6) is 0.0322. The summed E-state index contributed by atoms with van der Waals surface area (Å²) in [7, 11) is 0. The smallest absolute Gasteiger partial charge is 0.233 e. The summed E-state index contributed by atoms with van der Waals surface area (Å²) in [5, 5.41) is 0.0938. The van der Waals surface area contributed by atoms with E-state index in [1.165, 1.54) is 16.7 Å². The highest BCUT2D eigenvalue weighted by molar-refractivity contribution is 6.31. The molecule has 5 heteroatoms. The fourth-order valence-corrected chi connectivity index (χ4v) is 5.53. The van der Waals surface area contributed by atoms with E-state index in [4.69, 9.17) is 11.6 Å². The number of benzene rings is 3. The van der Waals surface area contributed by atoms with E-state index in [0.29, 0.717) is 11.4 Å². The number of hydrogen-bond donors (Lipinski definition) is 0. The number of anilines is 1. The number of rotatable bonds is 5. The van der Waals surface area contributed by atoms with E-state index < -0.39 is 11.5 Å². The SMILES string of the molecule is Cc1cc(N2CCN(C(c3ccccc3)(c3ccccc3)c3ccccc3)C[C@@H]2C)nc(F)c1Cl. The fourth-order valence-electron chi connectivity index (χ4n) is 5.44. The molecule has 1 atom stereocenters.